The number of allylic oxidation sites excluding steroid dienone is 2. The van der Waals surface area contributed by atoms with Crippen LogP contribution in [0.15, 0.2) is 30.3 Å². The fourth-order valence-electron chi connectivity index (χ4n) is 2.03. The largest absolute Gasteiger partial charge is 0.350 e. The second kappa shape index (κ2) is 6.74. The second-order valence-electron chi connectivity index (χ2n) is 6.55. The van der Waals surface area contributed by atoms with Crippen molar-refractivity contribution in [2.24, 2.45) is 5.41 Å². The molecule has 0 saturated carbocycles. The molecule has 0 saturated heterocycles. The van der Waals surface area contributed by atoms with Crippen LogP contribution in [0.2, 0.25) is 0 Å². The van der Waals surface area contributed by atoms with Crippen molar-refractivity contribution < 1.29 is 4.79 Å². The number of nitrogens with one attached hydrogen (secondary N) is 1. The predicted octanol–water partition coefficient (Wildman–Crippen LogP) is 4.66. The van der Waals surface area contributed by atoms with E-state index in [2.05, 4.69) is 46.0 Å². The molecule has 1 aromatic carbocycles. The van der Waals surface area contributed by atoms with Crippen molar-refractivity contribution in [1.82, 2.24) is 5.32 Å². The first-order chi connectivity index (χ1) is 9.23. The van der Waals surface area contributed by atoms with Gasteiger partial charge in [0.15, 0.2) is 0 Å². The van der Waals surface area contributed by atoms with Crippen LogP contribution in [0.5, 0.6) is 0 Å². The van der Waals surface area contributed by atoms with Gasteiger partial charge in [-0.2, -0.15) is 0 Å². The molecule has 0 aromatic heterocycles. The number of carbonyl (C=O) groups is 1. The van der Waals surface area contributed by atoms with E-state index in [1.807, 2.05) is 31.2 Å². The SMILES string of the molecule is CCC(C)NC(=O)c1ccc(/C(C)=C/C(C)(C)C)cc1. The molecule has 1 N–H and O–H groups in total. The fourth-order valence-corrected chi connectivity index (χ4v) is 2.03. The van der Waals surface area contributed by atoms with Gasteiger partial charge in [-0.25, -0.2) is 0 Å². The maximum atomic E-state index is 12.0. The molecule has 1 rings (SSSR count). The quantitative estimate of drug-likeness (QED) is 0.849. The van der Waals surface area contributed by atoms with Crippen LogP contribution >= 0.6 is 0 Å². The third kappa shape index (κ3) is 5.20. The van der Waals surface area contributed by atoms with Gasteiger partial charge in [0, 0.05) is 11.6 Å². The molecule has 20 heavy (non-hydrogen) atoms. The molecule has 0 bridgehead atoms. The van der Waals surface area contributed by atoms with Crippen molar-refractivity contribution in [2.75, 3.05) is 0 Å². The maximum Gasteiger partial charge on any atom is 0.251 e. The number of rotatable bonds is 4. The highest BCUT2D eigenvalue weighted by Gasteiger charge is 2.10. The topological polar surface area (TPSA) is 29.1 Å². The first-order valence-corrected chi connectivity index (χ1v) is 7.33. The molecule has 110 valence electrons. The van der Waals surface area contributed by atoms with Gasteiger partial charge in [0.05, 0.1) is 0 Å². The Morgan fingerprint density at radius 2 is 1.70 bits per heavy atom. The van der Waals surface area contributed by atoms with E-state index in [0.717, 1.165) is 12.0 Å². The monoisotopic (exact) mass is 273 g/mol. The highest BCUT2D eigenvalue weighted by Crippen LogP contribution is 2.23. The molecular weight excluding hydrogens is 246 g/mol. The van der Waals surface area contributed by atoms with Gasteiger partial charge in [0.25, 0.3) is 5.91 Å². The number of hydrogen-bond acceptors (Lipinski definition) is 1. The van der Waals surface area contributed by atoms with Crippen LogP contribution in [-0.2, 0) is 0 Å². The van der Waals surface area contributed by atoms with E-state index in [-0.39, 0.29) is 17.4 Å². The van der Waals surface area contributed by atoms with Crippen LogP contribution in [0.1, 0.15) is 63.9 Å². The molecule has 1 amide bonds. The lowest BCUT2D eigenvalue weighted by molar-refractivity contribution is 0.0939. The van der Waals surface area contributed by atoms with E-state index < -0.39 is 0 Å². The molecule has 0 fully saturated rings. The average Bonchev–Trinajstić information content (AvgIpc) is 2.36. The Morgan fingerprint density at radius 3 is 2.15 bits per heavy atom. The summed E-state index contributed by atoms with van der Waals surface area (Å²) in [6, 6.07) is 8.04. The molecule has 0 heterocycles. The van der Waals surface area contributed by atoms with Crippen LogP contribution in [0.25, 0.3) is 5.57 Å². The summed E-state index contributed by atoms with van der Waals surface area (Å²) in [4.78, 5) is 12.0. The van der Waals surface area contributed by atoms with Gasteiger partial charge >= 0.3 is 0 Å². The van der Waals surface area contributed by atoms with Gasteiger partial charge in [-0.3, -0.25) is 4.79 Å². The van der Waals surface area contributed by atoms with Gasteiger partial charge in [-0.05, 0) is 49.0 Å². The van der Waals surface area contributed by atoms with Crippen LogP contribution < -0.4 is 5.32 Å². The third-order valence-corrected chi connectivity index (χ3v) is 3.24. The van der Waals surface area contributed by atoms with Crippen LogP contribution in [-0.4, -0.2) is 11.9 Å². The van der Waals surface area contributed by atoms with E-state index in [9.17, 15) is 4.79 Å². The zero-order valence-corrected chi connectivity index (χ0v) is 13.6. The number of benzene rings is 1. The lowest BCUT2D eigenvalue weighted by Gasteiger charge is -2.15. The van der Waals surface area contributed by atoms with Crippen LogP contribution in [0.3, 0.4) is 0 Å². The van der Waals surface area contributed by atoms with E-state index >= 15 is 0 Å². The van der Waals surface area contributed by atoms with Crippen molar-refractivity contribution in [1.29, 1.82) is 0 Å². The summed E-state index contributed by atoms with van der Waals surface area (Å²) in [6.45, 7) is 12.7. The van der Waals surface area contributed by atoms with E-state index in [0.29, 0.717) is 0 Å². The number of hydrogen-bond donors (Lipinski definition) is 1. The van der Waals surface area contributed by atoms with E-state index in [4.69, 9.17) is 0 Å². The van der Waals surface area contributed by atoms with E-state index in [1.165, 1.54) is 11.1 Å². The molecule has 0 radical (unpaired) electrons. The fraction of sp³-hybridized carbons (Fsp3) is 0.500. The molecule has 1 unspecified atom stereocenters. The summed E-state index contributed by atoms with van der Waals surface area (Å²) >= 11 is 0. The summed E-state index contributed by atoms with van der Waals surface area (Å²) in [5, 5.41) is 2.98. The molecule has 1 aromatic rings. The summed E-state index contributed by atoms with van der Waals surface area (Å²) in [6.07, 6.45) is 3.19. The lowest BCUT2D eigenvalue weighted by atomic mass is 9.91. The van der Waals surface area contributed by atoms with Crippen molar-refractivity contribution in [3.8, 4) is 0 Å². The van der Waals surface area contributed by atoms with Crippen molar-refractivity contribution in [2.45, 2.75) is 54.0 Å². The minimum Gasteiger partial charge on any atom is -0.350 e. The van der Waals surface area contributed by atoms with Gasteiger partial charge in [-0.15, -0.1) is 0 Å². The summed E-state index contributed by atoms with van der Waals surface area (Å²) in [7, 11) is 0. The first-order valence-electron chi connectivity index (χ1n) is 7.33. The van der Waals surface area contributed by atoms with Crippen molar-refractivity contribution in [3.63, 3.8) is 0 Å². The minimum absolute atomic E-state index is 0.00311. The molecule has 0 aliphatic carbocycles. The Bertz CT molecular complexity index is 477. The average molecular weight is 273 g/mol. The van der Waals surface area contributed by atoms with Crippen LogP contribution in [0, 0.1) is 5.41 Å². The van der Waals surface area contributed by atoms with E-state index in [1.54, 1.807) is 0 Å². The zero-order valence-electron chi connectivity index (χ0n) is 13.6. The molecule has 2 nitrogen and oxygen atoms in total. The first kappa shape index (κ1) is 16.5. The van der Waals surface area contributed by atoms with Crippen molar-refractivity contribution in [3.05, 3.63) is 41.5 Å². The normalized spacial score (nSPS) is 14.0. The molecule has 0 aliphatic heterocycles. The highest BCUT2D eigenvalue weighted by molar-refractivity contribution is 5.94. The summed E-state index contributed by atoms with van der Waals surface area (Å²) in [5.74, 6) is 0.00311. The lowest BCUT2D eigenvalue weighted by Crippen LogP contribution is -2.31. The third-order valence-electron chi connectivity index (χ3n) is 3.24. The van der Waals surface area contributed by atoms with Crippen LogP contribution in [0.4, 0.5) is 0 Å². The Morgan fingerprint density at radius 1 is 1.20 bits per heavy atom. The zero-order chi connectivity index (χ0) is 15.3. The summed E-state index contributed by atoms with van der Waals surface area (Å²) < 4.78 is 0. The molecule has 2 heteroatoms. The number of amides is 1. The predicted molar refractivity (Wildman–Crippen MR) is 86.8 cm³/mol. The van der Waals surface area contributed by atoms with Gasteiger partial charge < -0.3 is 5.32 Å². The Balaban J connectivity index is 2.84. The highest BCUT2D eigenvalue weighted by atomic mass is 16.1. The van der Waals surface area contributed by atoms with Gasteiger partial charge in [-0.1, -0.05) is 45.9 Å². The number of carbonyl (C=O) groups excluding carboxylic acids is 1. The smallest absolute Gasteiger partial charge is 0.251 e. The maximum absolute atomic E-state index is 12.0. The van der Waals surface area contributed by atoms with Crippen molar-refractivity contribution >= 4 is 11.5 Å². The molecular formula is C18H27NO. The molecule has 1 atom stereocenters. The van der Waals surface area contributed by atoms with Gasteiger partial charge in [0.1, 0.15) is 0 Å². The standard InChI is InChI=1S/C18H27NO/c1-7-14(3)19-17(20)16-10-8-15(9-11-16)13(2)12-18(4,5)6/h8-12,14H,7H2,1-6H3,(H,19,20)/b13-12+. The Hall–Kier alpha value is -1.57. The Kier molecular flexibility index (Phi) is 5.55. The second-order valence-corrected chi connectivity index (χ2v) is 6.55. The van der Waals surface area contributed by atoms with Gasteiger partial charge in [0.2, 0.25) is 0 Å². The summed E-state index contributed by atoms with van der Waals surface area (Å²) in [5.41, 5.74) is 3.29. The molecule has 0 spiro atoms. The molecule has 0 aliphatic rings. The Labute approximate surface area is 123 Å². The minimum atomic E-state index is 0.00311.